The van der Waals surface area contributed by atoms with Crippen LogP contribution in [0.3, 0.4) is 0 Å². The van der Waals surface area contributed by atoms with Crippen LogP contribution in [-0.2, 0) is 4.79 Å². The second kappa shape index (κ2) is 8.62. The van der Waals surface area contributed by atoms with E-state index in [1.807, 2.05) is 24.9 Å². The summed E-state index contributed by atoms with van der Waals surface area (Å²) >= 11 is 0. The summed E-state index contributed by atoms with van der Waals surface area (Å²) in [6, 6.07) is 5.47. The molecule has 2 rings (SSSR count). The van der Waals surface area contributed by atoms with Crippen LogP contribution in [0.5, 0.6) is 0 Å². The number of nitrogens with zero attached hydrogens (tertiary/aromatic N) is 5. The van der Waals surface area contributed by atoms with Crippen molar-refractivity contribution >= 4 is 11.7 Å². The highest BCUT2D eigenvalue weighted by atomic mass is 16.3. The largest absolute Gasteiger partial charge is 0.392 e. The van der Waals surface area contributed by atoms with Gasteiger partial charge in [0.2, 0.25) is 5.91 Å². The number of anilines is 1. The molecule has 1 aromatic heterocycles. The van der Waals surface area contributed by atoms with Crippen molar-refractivity contribution < 1.29 is 9.90 Å². The zero-order valence-electron chi connectivity index (χ0n) is 14.4. The molecule has 0 aliphatic carbocycles. The zero-order valence-corrected chi connectivity index (χ0v) is 14.4. The molecular weight excluding hydrogens is 306 g/mol. The number of β-amino-alcohol motifs (C(OH)–C–C–N with tert-alkyl or cyclic N) is 1. The van der Waals surface area contributed by atoms with Crippen molar-refractivity contribution in [1.29, 1.82) is 5.26 Å². The second-order valence-corrected chi connectivity index (χ2v) is 6.12. The first-order valence-corrected chi connectivity index (χ1v) is 8.29. The monoisotopic (exact) mass is 331 g/mol. The summed E-state index contributed by atoms with van der Waals surface area (Å²) in [6.45, 7) is 5.86. The van der Waals surface area contributed by atoms with E-state index in [1.165, 1.54) is 6.20 Å². The van der Waals surface area contributed by atoms with E-state index in [1.54, 1.807) is 17.0 Å². The van der Waals surface area contributed by atoms with Gasteiger partial charge in [0.25, 0.3) is 0 Å². The van der Waals surface area contributed by atoms with E-state index in [4.69, 9.17) is 5.26 Å². The fourth-order valence-corrected chi connectivity index (χ4v) is 2.67. The molecule has 130 valence electrons. The Labute approximate surface area is 143 Å². The lowest BCUT2D eigenvalue weighted by Gasteiger charge is -2.36. The van der Waals surface area contributed by atoms with E-state index >= 15 is 0 Å². The third kappa shape index (κ3) is 4.91. The number of hydrogen-bond donors (Lipinski definition) is 1. The van der Waals surface area contributed by atoms with E-state index in [2.05, 4.69) is 9.88 Å². The molecule has 1 amide bonds. The minimum absolute atomic E-state index is 0.0688. The lowest BCUT2D eigenvalue weighted by molar-refractivity contribution is -0.131. The molecule has 24 heavy (non-hydrogen) atoms. The van der Waals surface area contributed by atoms with Gasteiger partial charge in [0.05, 0.1) is 18.2 Å². The van der Waals surface area contributed by atoms with Crippen LogP contribution in [0.1, 0.15) is 18.9 Å². The lowest BCUT2D eigenvalue weighted by Crippen LogP contribution is -2.52. The van der Waals surface area contributed by atoms with Crippen molar-refractivity contribution in [3.8, 4) is 6.07 Å². The number of rotatable bonds is 6. The summed E-state index contributed by atoms with van der Waals surface area (Å²) in [5.74, 6) is 0.742. The summed E-state index contributed by atoms with van der Waals surface area (Å²) < 4.78 is 0. The zero-order chi connectivity index (χ0) is 17.5. The molecule has 1 aromatic rings. The van der Waals surface area contributed by atoms with E-state index in [9.17, 15) is 9.90 Å². The number of carbonyl (C=O) groups is 1. The Hall–Kier alpha value is -2.17. The van der Waals surface area contributed by atoms with Gasteiger partial charge < -0.3 is 14.9 Å². The first-order valence-electron chi connectivity index (χ1n) is 8.29. The average molecular weight is 331 g/mol. The summed E-state index contributed by atoms with van der Waals surface area (Å²) in [6.07, 6.45) is 1.97. The fourth-order valence-electron chi connectivity index (χ4n) is 2.67. The quantitative estimate of drug-likeness (QED) is 0.807. The predicted octanol–water partition coefficient (Wildman–Crippen LogP) is 0.305. The van der Waals surface area contributed by atoms with Crippen LogP contribution >= 0.6 is 0 Å². The van der Waals surface area contributed by atoms with E-state index in [0.717, 1.165) is 19.5 Å². The van der Waals surface area contributed by atoms with Crippen LogP contribution in [0.2, 0.25) is 0 Å². The molecule has 1 saturated heterocycles. The number of amides is 1. The number of hydrogen-bond acceptors (Lipinski definition) is 6. The molecule has 0 aromatic carbocycles. The number of aliphatic hydroxyl groups is 1. The minimum atomic E-state index is -0.291. The van der Waals surface area contributed by atoms with E-state index in [0.29, 0.717) is 31.0 Å². The van der Waals surface area contributed by atoms with Crippen molar-refractivity contribution in [2.75, 3.05) is 51.2 Å². The molecule has 0 saturated carbocycles. The second-order valence-electron chi connectivity index (χ2n) is 6.12. The Balaban J connectivity index is 1.81. The van der Waals surface area contributed by atoms with Crippen molar-refractivity contribution in [3.63, 3.8) is 0 Å². The highest BCUT2D eigenvalue weighted by molar-refractivity contribution is 5.81. The molecule has 1 N–H and O–H groups in total. The molecule has 1 aliphatic heterocycles. The Morgan fingerprint density at radius 1 is 1.42 bits per heavy atom. The van der Waals surface area contributed by atoms with Gasteiger partial charge in [0.15, 0.2) is 0 Å². The van der Waals surface area contributed by atoms with Gasteiger partial charge in [-0.2, -0.15) is 5.26 Å². The Morgan fingerprint density at radius 3 is 2.67 bits per heavy atom. The number of nitriles is 1. The standard InChI is InChI=1S/C17H25N5O2/c1-3-15(23)12-21-6-8-22(9-7-21)17(24)13-20(2)16-5-4-14(10-18)11-19-16/h4-5,11,15,23H,3,6-9,12-13H2,1-2H3/t15-/m0/s1. The van der Waals surface area contributed by atoms with Crippen LogP contribution < -0.4 is 4.90 Å². The third-order valence-electron chi connectivity index (χ3n) is 4.31. The van der Waals surface area contributed by atoms with Crippen LogP contribution in [0.15, 0.2) is 18.3 Å². The van der Waals surface area contributed by atoms with Crippen molar-refractivity contribution in [1.82, 2.24) is 14.8 Å². The van der Waals surface area contributed by atoms with Gasteiger partial charge in [-0.05, 0) is 18.6 Å². The van der Waals surface area contributed by atoms with Crippen molar-refractivity contribution in [2.45, 2.75) is 19.4 Å². The number of likely N-dealkylation sites (N-methyl/N-ethyl adjacent to an activating group) is 1. The number of pyridine rings is 1. The van der Waals surface area contributed by atoms with Gasteiger partial charge in [0.1, 0.15) is 11.9 Å². The highest BCUT2D eigenvalue weighted by Gasteiger charge is 2.23. The normalized spacial score (nSPS) is 16.5. The highest BCUT2D eigenvalue weighted by Crippen LogP contribution is 2.10. The summed E-state index contributed by atoms with van der Waals surface area (Å²) in [7, 11) is 1.82. The molecular formula is C17H25N5O2. The van der Waals surface area contributed by atoms with Gasteiger partial charge in [-0.3, -0.25) is 9.69 Å². The molecule has 2 heterocycles. The molecule has 0 spiro atoms. The van der Waals surface area contributed by atoms with Crippen LogP contribution in [-0.4, -0.2) is 78.2 Å². The molecule has 7 nitrogen and oxygen atoms in total. The van der Waals surface area contributed by atoms with Gasteiger partial charge in [-0.1, -0.05) is 6.92 Å². The smallest absolute Gasteiger partial charge is 0.242 e. The fraction of sp³-hybridized carbons (Fsp3) is 0.588. The van der Waals surface area contributed by atoms with Crippen molar-refractivity contribution in [2.24, 2.45) is 0 Å². The van der Waals surface area contributed by atoms with Crippen molar-refractivity contribution in [3.05, 3.63) is 23.9 Å². The molecule has 0 radical (unpaired) electrons. The molecule has 1 atom stereocenters. The maximum absolute atomic E-state index is 12.4. The number of piperazine rings is 1. The molecule has 1 aliphatic rings. The number of aromatic nitrogens is 1. The minimum Gasteiger partial charge on any atom is -0.392 e. The summed E-state index contributed by atoms with van der Waals surface area (Å²) in [5, 5.41) is 18.5. The lowest BCUT2D eigenvalue weighted by atomic mass is 10.2. The van der Waals surface area contributed by atoms with E-state index in [-0.39, 0.29) is 18.6 Å². The maximum atomic E-state index is 12.4. The SMILES string of the molecule is CC[C@H](O)CN1CCN(C(=O)CN(C)c2ccc(C#N)cn2)CC1. The summed E-state index contributed by atoms with van der Waals surface area (Å²) in [5.41, 5.74) is 0.504. The Kier molecular flexibility index (Phi) is 6.53. The van der Waals surface area contributed by atoms with Gasteiger partial charge in [-0.15, -0.1) is 0 Å². The number of carbonyl (C=O) groups excluding carboxylic acids is 1. The van der Waals surface area contributed by atoms with Crippen LogP contribution in [0.25, 0.3) is 0 Å². The van der Waals surface area contributed by atoms with Crippen LogP contribution in [0, 0.1) is 11.3 Å². The van der Waals surface area contributed by atoms with Gasteiger partial charge in [-0.25, -0.2) is 4.98 Å². The van der Waals surface area contributed by atoms with Gasteiger partial charge in [0, 0.05) is 46.0 Å². The molecule has 7 heteroatoms. The molecule has 0 bridgehead atoms. The maximum Gasteiger partial charge on any atom is 0.242 e. The third-order valence-corrected chi connectivity index (χ3v) is 4.31. The van der Waals surface area contributed by atoms with Gasteiger partial charge >= 0.3 is 0 Å². The topological polar surface area (TPSA) is 83.7 Å². The van der Waals surface area contributed by atoms with E-state index < -0.39 is 0 Å². The predicted molar refractivity (Wildman–Crippen MR) is 91.5 cm³/mol. The Bertz CT molecular complexity index is 576. The number of aliphatic hydroxyl groups excluding tert-OH is 1. The van der Waals surface area contributed by atoms with Crippen LogP contribution in [0.4, 0.5) is 5.82 Å². The first-order chi connectivity index (χ1) is 11.5. The first kappa shape index (κ1) is 18.2. The molecule has 0 unspecified atom stereocenters. The average Bonchev–Trinajstić information content (AvgIpc) is 2.62. The molecule has 1 fully saturated rings. The summed E-state index contributed by atoms with van der Waals surface area (Å²) in [4.78, 5) is 22.5. The Morgan fingerprint density at radius 2 is 2.12 bits per heavy atom.